The summed E-state index contributed by atoms with van der Waals surface area (Å²) in [6.45, 7) is 0.566. The van der Waals surface area contributed by atoms with Crippen LogP contribution in [0.2, 0.25) is 0 Å². The average molecular weight is 435 g/mol. The van der Waals surface area contributed by atoms with Crippen LogP contribution in [0.1, 0.15) is 64.2 Å². The molecule has 8 nitrogen and oxygen atoms in total. The first-order chi connectivity index (χ1) is 14.5. The van der Waals surface area contributed by atoms with Crippen LogP contribution in [0.3, 0.4) is 0 Å². The molecule has 2 N–H and O–H groups in total. The second kappa shape index (κ2) is 13.2. The van der Waals surface area contributed by atoms with Crippen molar-refractivity contribution in [2.45, 2.75) is 70.3 Å². The molecule has 1 aromatic rings. The zero-order chi connectivity index (χ0) is 21.7. The first-order valence-electron chi connectivity index (χ1n) is 10.9. The summed E-state index contributed by atoms with van der Waals surface area (Å²) in [4.78, 5) is 8.33. The molecule has 0 aromatic carbocycles. The third-order valence-electron chi connectivity index (χ3n) is 5.48. The normalized spacial score (nSPS) is 16.1. The molecule has 1 saturated carbocycles. The monoisotopic (exact) mass is 434 g/mol. The molecule has 9 heteroatoms. The van der Waals surface area contributed by atoms with Crippen LogP contribution in [0, 0.1) is 11.5 Å². The molecule has 0 atom stereocenters. The van der Waals surface area contributed by atoms with E-state index in [1.54, 1.807) is 35.9 Å². The fourth-order valence-corrected chi connectivity index (χ4v) is 5.19. The second-order valence-corrected chi connectivity index (χ2v) is 9.87. The van der Waals surface area contributed by atoms with Crippen molar-refractivity contribution in [2.24, 2.45) is 4.99 Å². The van der Waals surface area contributed by atoms with E-state index in [-0.39, 0.29) is 11.8 Å². The number of hydrogen-bond acceptors (Lipinski definition) is 5. The quantitative estimate of drug-likeness (QED) is 0.146. The first kappa shape index (κ1) is 24.1. The van der Waals surface area contributed by atoms with Crippen molar-refractivity contribution in [3.8, 4) is 6.19 Å². The topological polar surface area (TPSA) is 110 Å². The molecule has 1 heterocycles. The maximum atomic E-state index is 12.6. The number of aromatic nitrogens is 1. The fraction of sp³-hybridized carbons (Fsp3) is 0.667. The van der Waals surface area contributed by atoms with Gasteiger partial charge in [-0.05, 0) is 37.8 Å². The van der Waals surface area contributed by atoms with E-state index in [2.05, 4.69) is 20.6 Å². The molecule has 1 aliphatic rings. The number of guanidine groups is 1. The van der Waals surface area contributed by atoms with Crippen molar-refractivity contribution < 1.29 is 8.42 Å². The lowest BCUT2D eigenvalue weighted by Crippen LogP contribution is -2.38. The number of nitriles is 1. The molecule has 1 aromatic heterocycles. The Hall–Kier alpha value is -2.18. The van der Waals surface area contributed by atoms with Gasteiger partial charge < -0.3 is 5.32 Å². The number of anilines is 1. The molecule has 1 aliphatic carbocycles. The van der Waals surface area contributed by atoms with Crippen molar-refractivity contribution >= 4 is 21.7 Å². The number of nitrogens with zero attached hydrogens (tertiary/aromatic N) is 4. The van der Waals surface area contributed by atoms with Gasteiger partial charge >= 0.3 is 0 Å². The smallest absolute Gasteiger partial charge is 0.214 e. The van der Waals surface area contributed by atoms with E-state index in [1.165, 1.54) is 12.8 Å². The van der Waals surface area contributed by atoms with Crippen molar-refractivity contribution in [1.29, 1.82) is 5.26 Å². The molecule has 0 bridgehead atoms. The Bertz CT molecular complexity index is 783. The Morgan fingerprint density at radius 1 is 1.17 bits per heavy atom. The Morgan fingerprint density at radius 3 is 2.50 bits per heavy atom. The zero-order valence-corrected chi connectivity index (χ0v) is 18.7. The molecule has 1 fully saturated rings. The summed E-state index contributed by atoms with van der Waals surface area (Å²) in [5, 5.41) is 14.4. The highest BCUT2D eigenvalue weighted by molar-refractivity contribution is 7.89. The number of unbranched alkanes of at least 4 members (excludes halogenated alkanes) is 3. The number of aliphatic imine (C=N–C) groups is 1. The number of sulfonamides is 1. The molecular weight excluding hydrogens is 400 g/mol. The molecule has 0 spiro atoms. The summed E-state index contributed by atoms with van der Waals surface area (Å²) in [7, 11) is -1.43. The Labute approximate surface area is 180 Å². The largest absolute Gasteiger partial charge is 0.325 e. The molecule has 2 rings (SSSR count). The van der Waals surface area contributed by atoms with Gasteiger partial charge in [-0.2, -0.15) is 5.26 Å². The van der Waals surface area contributed by atoms with Gasteiger partial charge in [0.25, 0.3) is 0 Å². The van der Waals surface area contributed by atoms with Gasteiger partial charge in [0.2, 0.25) is 16.0 Å². The maximum Gasteiger partial charge on any atom is 0.214 e. The predicted octanol–water partition coefficient (Wildman–Crippen LogP) is 3.46. The lowest BCUT2D eigenvalue weighted by molar-refractivity contribution is 0.335. The summed E-state index contributed by atoms with van der Waals surface area (Å²) in [6, 6.07) is 3.76. The maximum absolute atomic E-state index is 12.6. The second-order valence-electron chi connectivity index (χ2n) is 7.72. The van der Waals surface area contributed by atoms with E-state index in [0.717, 1.165) is 50.6 Å². The standard InChI is InChI=1S/C21H34N6O2S/c1-27(20-10-6-2-3-7-11-20)30(28,29)17-9-5-4-8-14-24-21(25-18-22)26-19-12-15-23-16-13-19/h12-13,15-16,20H,2-11,14,17H2,1H3,(H2,23,24,25,26). The predicted molar refractivity (Wildman–Crippen MR) is 120 cm³/mol. The number of hydrogen-bond donors (Lipinski definition) is 2. The van der Waals surface area contributed by atoms with Crippen LogP contribution in [0.15, 0.2) is 29.5 Å². The minimum absolute atomic E-state index is 0.172. The summed E-state index contributed by atoms with van der Waals surface area (Å²) in [6.07, 6.45) is 15.1. The third-order valence-corrected chi connectivity index (χ3v) is 7.46. The summed E-state index contributed by atoms with van der Waals surface area (Å²) in [5.41, 5.74) is 0.800. The Kier molecular flexibility index (Phi) is 10.6. The van der Waals surface area contributed by atoms with E-state index < -0.39 is 10.0 Å². The van der Waals surface area contributed by atoms with Crippen LogP contribution < -0.4 is 10.6 Å². The molecule has 0 saturated heterocycles. The fourth-order valence-electron chi connectivity index (χ4n) is 3.67. The van der Waals surface area contributed by atoms with Crippen molar-refractivity contribution in [3.05, 3.63) is 24.5 Å². The summed E-state index contributed by atoms with van der Waals surface area (Å²) in [5.74, 6) is 0.616. The minimum Gasteiger partial charge on any atom is -0.325 e. The van der Waals surface area contributed by atoms with Gasteiger partial charge in [-0.15, -0.1) is 0 Å². The van der Waals surface area contributed by atoms with Crippen LogP contribution in [-0.2, 0) is 10.0 Å². The van der Waals surface area contributed by atoms with Crippen LogP contribution in [0.25, 0.3) is 0 Å². The zero-order valence-electron chi connectivity index (χ0n) is 17.9. The molecule has 30 heavy (non-hydrogen) atoms. The van der Waals surface area contributed by atoms with Gasteiger partial charge in [-0.25, -0.2) is 12.7 Å². The lowest BCUT2D eigenvalue weighted by Gasteiger charge is -2.26. The Morgan fingerprint density at radius 2 is 1.83 bits per heavy atom. The van der Waals surface area contributed by atoms with Crippen LogP contribution in [-0.4, -0.2) is 49.1 Å². The van der Waals surface area contributed by atoms with E-state index in [4.69, 9.17) is 5.26 Å². The highest BCUT2D eigenvalue weighted by Gasteiger charge is 2.26. The van der Waals surface area contributed by atoms with Crippen LogP contribution in [0.5, 0.6) is 0 Å². The van der Waals surface area contributed by atoms with Gasteiger partial charge in [0, 0.05) is 37.7 Å². The van der Waals surface area contributed by atoms with Crippen LogP contribution >= 0.6 is 0 Å². The van der Waals surface area contributed by atoms with E-state index in [9.17, 15) is 8.42 Å². The van der Waals surface area contributed by atoms with Gasteiger partial charge in [0.1, 0.15) is 0 Å². The van der Waals surface area contributed by atoms with E-state index in [0.29, 0.717) is 18.9 Å². The van der Waals surface area contributed by atoms with Crippen molar-refractivity contribution in [2.75, 3.05) is 24.7 Å². The molecule has 0 aliphatic heterocycles. The average Bonchev–Trinajstić information content (AvgIpc) is 3.02. The van der Waals surface area contributed by atoms with Crippen molar-refractivity contribution in [3.63, 3.8) is 0 Å². The van der Waals surface area contributed by atoms with Gasteiger partial charge in [0.05, 0.1) is 5.75 Å². The molecule has 0 radical (unpaired) electrons. The highest BCUT2D eigenvalue weighted by atomic mass is 32.2. The number of nitrogens with one attached hydrogen (secondary N) is 2. The third kappa shape index (κ3) is 8.67. The van der Waals surface area contributed by atoms with Gasteiger partial charge in [0.15, 0.2) is 6.19 Å². The van der Waals surface area contributed by atoms with Gasteiger partial charge in [-0.3, -0.25) is 15.3 Å². The van der Waals surface area contributed by atoms with Crippen LogP contribution in [0.4, 0.5) is 5.69 Å². The van der Waals surface area contributed by atoms with Crippen molar-refractivity contribution in [1.82, 2.24) is 14.6 Å². The molecular formula is C21H34N6O2S. The summed E-state index contributed by atoms with van der Waals surface area (Å²) < 4.78 is 26.9. The van der Waals surface area contributed by atoms with E-state index in [1.807, 2.05) is 6.19 Å². The Balaban J connectivity index is 1.67. The number of rotatable bonds is 10. The minimum atomic E-state index is -3.18. The van der Waals surface area contributed by atoms with E-state index >= 15 is 0 Å². The number of pyridine rings is 1. The molecule has 166 valence electrons. The van der Waals surface area contributed by atoms with Gasteiger partial charge in [-0.1, -0.05) is 38.5 Å². The summed E-state index contributed by atoms with van der Waals surface area (Å²) >= 11 is 0. The lowest BCUT2D eigenvalue weighted by atomic mass is 10.1. The SMILES string of the molecule is CN(C1CCCCCC1)S(=O)(=O)CCCCCCN=C(NC#N)Nc1ccncc1. The highest BCUT2D eigenvalue weighted by Crippen LogP contribution is 2.23. The first-order valence-corrected chi connectivity index (χ1v) is 12.5. The molecule has 0 amide bonds. The molecule has 0 unspecified atom stereocenters.